The van der Waals surface area contributed by atoms with Gasteiger partial charge < -0.3 is 9.47 Å². The lowest BCUT2D eigenvalue weighted by Gasteiger charge is -2.10. The minimum Gasteiger partial charge on any atom is -0.482 e. The number of hydrogen-bond donors (Lipinski definition) is 0. The highest BCUT2D eigenvalue weighted by Crippen LogP contribution is 2.32. The molecule has 15 heavy (non-hydrogen) atoms. The van der Waals surface area contributed by atoms with Gasteiger partial charge in [0, 0.05) is 0 Å². The van der Waals surface area contributed by atoms with Crippen LogP contribution in [-0.4, -0.2) is 19.0 Å². The van der Waals surface area contributed by atoms with E-state index in [1.807, 2.05) is 18.2 Å². The predicted octanol–water partition coefficient (Wildman–Crippen LogP) is 2.15. The van der Waals surface area contributed by atoms with Crippen molar-refractivity contribution in [3.8, 4) is 11.5 Å². The van der Waals surface area contributed by atoms with Crippen molar-refractivity contribution in [2.45, 2.75) is 19.8 Å². The Morgan fingerprint density at radius 3 is 2.47 bits per heavy atom. The van der Waals surface area contributed by atoms with Crippen LogP contribution < -0.4 is 9.47 Å². The Bertz CT molecular complexity index is 382. The van der Waals surface area contributed by atoms with Gasteiger partial charge in [-0.3, -0.25) is 4.79 Å². The zero-order valence-electron chi connectivity index (χ0n) is 8.95. The first-order chi connectivity index (χ1) is 7.16. The summed E-state index contributed by atoms with van der Waals surface area (Å²) in [6.45, 7) is 4.44. The summed E-state index contributed by atoms with van der Waals surface area (Å²) in [6, 6.07) is 5.81. The number of rotatable bonds is 1. The van der Waals surface area contributed by atoms with Gasteiger partial charge in [0.1, 0.15) is 0 Å². The van der Waals surface area contributed by atoms with E-state index in [1.165, 1.54) is 5.56 Å². The fourth-order valence-electron chi connectivity index (χ4n) is 1.47. The lowest BCUT2D eigenvalue weighted by molar-refractivity contribution is -0.122. The van der Waals surface area contributed by atoms with Crippen molar-refractivity contribution in [2.75, 3.05) is 13.2 Å². The average Bonchev–Trinajstić information content (AvgIpc) is 2.40. The molecule has 1 aliphatic rings. The van der Waals surface area contributed by atoms with E-state index in [0.29, 0.717) is 17.4 Å². The number of carbonyl (C=O) groups is 1. The lowest BCUT2D eigenvalue weighted by Crippen LogP contribution is -2.15. The van der Waals surface area contributed by atoms with Gasteiger partial charge in [-0.15, -0.1) is 0 Å². The highest BCUT2D eigenvalue weighted by atomic mass is 16.5. The first-order valence-corrected chi connectivity index (χ1v) is 5.08. The Balaban J connectivity index is 2.32. The molecule has 0 bridgehead atoms. The molecule has 0 radical (unpaired) electrons. The zero-order valence-corrected chi connectivity index (χ0v) is 8.95. The minimum absolute atomic E-state index is 0.0303. The van der Waals surface area contributed by atoms with Crippen molar-refractivity contribution in [1.82, 2.24) is 0 Å². The molecular weight excluding hydrogens is 192 g/mol. The van der Waals surface area contributed by atoms with Crippen LogP contribution in [0.4, 0.5) is 0 Å². The third-order valence-corrected chi connectivity index (χ3v) is 2.41. The summed E-state index contributed by atoms with van der Waals surface area (Å²) >= 11 is 0. The number of hydrogen-bond acceptors (Lipinski definition) is 3. The Hall–Kier alpha value is -1.51. The Labute approximate surface area is 89.0 Å². The third-order valence-electron chi connectivity index (χ3n) is 2.41. The molecule has 2 rings (SSSR count). The molecule has 0 N–H and O–H groups in total. The number of ether oxygens (including phenoxy) is 2. The average molecular weight is 206 g/mol. The van der Waals surface area contributed by atoms with E-state index in [2.05, 4.69) is 13.8 Å². The number of benzene rings is 1. The van der Waals surface area contributed by atoms with Gasteiger partial charge in [0.25, 0.3) is 0 Å². The normalized spacial score (nSPS) is 15.3. The molecule has 0 amide bonds. The fourth-order valence-corrected chi connectivity index (χ4v) is 1.47. The van der Waals surface area contributed by atoms with E-state index in [4.69, 9.17) is 9.47 Å². The quantitative estimate of drug-likeness (QED) is 0.706. The van der Waals surface area contributed by atoms with E-state index >= 15 is 0 Å². The molecule has 80 valence electrons. The second-order valence-electron chi connectivity index (χ2n) is 3.98. The van der Waals surface area contributed by atoms with E-state index in [0.717, 1.165) is 0 Å². The molecule has 0 saturated heterocycles. The van der Waals surface area contributed by atoms with Crippen molar-refractivity contribution < 1.29 is 14.3 Å². The van der Waals surface area contributed by atoms with Crippen molar-refractivity contribution in [3.63, 3.8) is 0 Å². The van der Waals surface area contributed by atoms with Gasteiger partial charge in [-0.1, -0.05) is 19.9 Å². The Kier molecular flexibility index (Phi) is 2.62. The van der Waals surface area contributed by atoms with Crippen LogP contribution in [0, 0.1) is 0 Å². The maximum atomic E-state index is 11.1. The number of ketones is 1. The number of fused-ring (bicyclic) bond motifs is 1. The first-order valence-electron chi connectivity index (χ1n) is 5.08. The maximum absolute atomic E-state index is 11.1. The van der Waals surface area contributed by atoms with E-state index in [-0.39, 0.29) is 19.0 Å². The Morgan fingerprint density at radius 2 is 1.80 bits per heavy atom. The summed E-state index contributed by atoms with van der Waals surface area (Å²) in [5.74, 6) is 1.74. The van der Waals surface area contributed by atoms with Crippen LogP contribution >= 0.6 is 0 Å². The van der Waals surface area contributed by atoms with Crippen molar-refractivity contribution in [1.29, 1.82) is 0 Å². The third kappa shape index (κ3) is 2.12. The predicted molar refractivity (Wildman–Crippen MR) is 56.5 cm³/mol. The Morgan fingerprint density at radius 1 is 1.13 bits per heavy atom. The molecule has 0 atom stereocenters. The summed E-state index contributed by atoms with van der Waals surface area (Å²) in [5.41, 5.74) is 1.19. The summed E-state index contributed by atoms with van der Waals surface area (Å²) in [6.07, 6.45) is 0. The molecule has 1 aromatic carbocycles. The summed E-state index contributed by atoms with van der Waals surface area (Å²) in [5, 5.41) is 0. The van der Waals surface area contributed by atoms with Crippen molar-refractivity contribution in [3.05, 3.63) is 23.8 Å². The second-order valence-corrected chi connectivity index (χ2v) is 3.98. The van der Waals surface area contributed by atoms with Gasteiger partial charge in [-0.2, -0.15) is 0 Å². The lowest BCUT2D eigenvalue weighted by atomic mass is 10.0. The van der Waals surface area contributed by atoms with E-state index in [9.17, 15) is 4.79 Å². The standard InChI is InChI=1S/C12H14O3/c1-8(2)9-3-4-11-12(5-9)15-7-10(13)6-14-11/h3-5,8H,6-7H2,1-2H3. The minimum atomic E-state index is -0.0303. The van der Waals surface area contributed by atoms with Crippen LogP contribution in [0.1, 0.15) is 25.3 Å². The van der Waals surface area contributed by atoms with Gasteiger partial charge in [0.2, 0.25) is 5.78 Å². The van der Waals surface area contributed by atoms with Crippen molar-refractivity contribution >= 4 is 5.78 Å². The molecule has 3 heteroatoms. The van der Waals surface area contributed by atoms with Crippen LogP contribution in [0.3, 0.4) is 0 Å². The topological polar surface area (TPSA) is 35.5 Å². The molecule has 1 heterocycles. The van der Waals surface area contributed by atoms with Crippen LogP contribution in [0.2, 0.25) is 0 Å². The summed E-state index contributed by atoms with van der Waals surface area (Å²) < 4.78 is 10.7. The second kappa shape index (κ2) is 3.93. The molecule has 0 fully saturated rings. The first kappa shape index (κ1) is 10.0. The molecule has 0 spiro atoms. The van der Waals surface area contributed by atoms with Gasteiger partial charge in [-0.25, -0.2) is 0 Å². The van der Waals surface area contributed by atoms with Crippen molar-refractivity contribution in [2.24, 2.45) is 0 Å². The van der Waals surface area contributed by atoms with Crippen LogP contribution in [0.5, 0.6) is 11.5 Å². The maximum Gasteiger partial charge on any atom is 0.207 e. The summed E-state index contributed by atoms with van der Waals surface area (Å²) in [7, 11) is 0. The van der Waals surface area contributed by atoms with Gasteiger partial charge in [0.15, 0.2) is 24.7 Å². The monoisotopic (exact) mass is 206 g/mol. The molecule has 1 aromatic rings. The van der Waals surface area contributed by atoms with E-state index in [1.54, 1.807) is 0 Å². The van der Waals surface area contributed by atoms with Crippen LogP contribution in [-0.2, 0) is 4.79 Å². The van der Waals surface area contributed by atoms with Gasteiger partial charge >= 0.3 is 0 Å². The molecule has 1 aliphatic heterocycles. The summed E-state index contributed by atoms with van der Waals surface area (Å²) in [4.78, 5) is 11.1. The molecule has 3 nitrogen and oxygen atoms in total. The largest absolute Gasteiger partial charge is 0.482 e. The smallest absolute Gasteiger partial charge is 0.207 e. The molecule has 0 aromatic heterocycles. The molecule has 0 aliphatic carbocycles. The SMILES string of the molecule is CC(C)c1ccc2c(c1)OCC(=O)CO2. The zero-order chi connectivity index (χ0) is 10.8. The van der Waals surface area contributed by atoms with Crippen LogP contribution in [0.25, 0.3) is 0 Å². The number of Topliss-reactive ketones (excluding diaryl/α,β-unsaturated/α-hetero) is 1. The van der Waals surface area contributed by atoms with E-state index < -0.39 is 0 Å². The number of carbonyl (C=O) groups excluding carboxylic acids is 1. The fraction of sp³-hybridized carbons (Fsp3) is 0.417. The van der Waals surface area contributed by atoms with Gasteiger partial charge in [-0.05, 0) is 23.6 Å². The molecule has 0 unspecified atom stereocenters. The molecular formula is C12H14O3. The van der Waals surface area contributed by atoms with Gasteiger partial charge in [0.05, 0.1) is 0 Å². The van der Waals surface area contributed by atoms with Crippen LogP contribution in [0.15, 0.2) is 18.2 Å². The molecule has 0 saturated carbocycles. The highest BCUT2D eigenvalue weighted by molar-refractivity contribution is 5.82. The highest BCUT2D eigenvalue weighted by Gasteiger charge is 2.15.